The molecule has 0 saturated heterocycles. The molecule has 2 aromatic rings. The molecule has 0 aliphatic rings. The minimum atomic E-state index is -1.15. The van der Waals surface area contributed by atoms with Crippen molar-refractivity contribution in [2.45, 2.75) is 0 Å². The number of ether oxygens (including phenoxy) is 1. The maximum Gasteiger partial charge on any atom is 0.337 e. The fraction of sp³-hybridized carbons (Fsp3) is 0. The molecule has 0 unspecified atom stereocenters. The molecule has 0 bridgehead atoms. The van der Waals surface area contributed by atoms with Crippen LogP contribution >= 0.6 is 27.5 Å². The number of nitrogens with zero attached hydrogens (tertiary/aromatic N) is 1. The molecule has 1 N–H and O–H groups in total. The molecule has 0 amide bonds. The van der Waals surface area contributed by atoms with Gasteiger partial charge in [-0.05, 0) is 34.1 Å². The van der Waals surface area contributed by atoms with Gasteiger partial charge in [0, 0.05) is 12.1 Å². The first kappa shape index (κ1) is 15.3. The van der Waals surface area contributed by atoms with Crippen molar-refractivity contribution >= 4 is 39.2 Å². The minimum Gasteiger partial charge on any atom is -0.478 e. The van der Waals surface area contributed by atoms with Gasteiger partial charge in [0.05, 0.1) is 26.0 Å². The first-order chi connectivity index (χ1) is 9.88. The van der Waals surface area contributed by atoms with Crippen LogP contribution in [0.4, 0.5) is 5.69 Å². The fourth-order valence-electron chi connectivity index (χ4n) is 1.54. The second-order valence-corrected chi connectivity index (χ2v) is 5.18. The van der Waals surface area contributed by atoms with Gasteiger partial charge < -0.3 is 9.84 Å². The lowest BCUT2D eigenvalue weighted by Crippen LogP contribution is -1.97. The van der Waals surface area contributed by atoms with Gasteiger partial charge >= 0.3 is 5.97 Å². The Labute approximate surface area is 132 Å². The Morgan fingerprint density at radius 2 is 2.00 bits per heavy atom. The van der Waals surface area contributed by atoms with Crippen molar-refractivity contribution in [1.29, 1.82) is 0 Å². The van der Waals surface area contributed by atoms with Crippen LogP contribution in [-0.2, 0) is 0 Å². The summed E-state index contributed by atoms with van der Waals surface area (Å²) >= 11 is 9.05. The van der Waals surface area contributed by atoms with E-state index in [1.807, 2.05) is 0 Å². The van der Waals surface area contributed by atoms with Crippen LogP contribution in [0.3, 0.4) is 0 Å². The van der Waals surface area contributed by atoms with Crippen molar-refractivity contribution in [3.05, 3.63) is 61.6 Å². The summed E-state index contributed by atoms with van der Waals surface area (Å²) < 4.78 is 6.01. The fourth-order valence-corrected chi connectivity index (χ4v) is 2.12. The molecule has 0 aliphatic heterocycles. The number of hydrogen-bond acceptors (Lipinski definition) is 4. The molecule has 0 aromatic heterocycles. The number of carboxylic acid groups (broad SMARTS) is 1. The normalized spacial score (nSPS) is 10.2. The van der Waals surface area contributed by atoms with Crippen molar-refractivity contribution in [1.82, 2.24) is 0 Å². The van der Waals surface area contributed by atoms with E-state index in [2.05, 4.69) is 15.9 Å². The average Bonchev–Trinajstić information content (AvgIpc) is 2.40. The van der Waals surface area contributed by atoms with E-state index >= 15 is 0 Å². The van der Waals surface area contributed by atoms with Crippen LogP contribution in [-0.4, -0.2) is 16.0 Å². The zero-order chi connectivity index (χ0) is 15.6. The lowest BCUT2D eigenvalue weighted by atomic mass is 10.2. The molecule has 6 nitrogen and oxygen atoms in total. The number of rotatable bonds is 4. The van der Waals surface area contributed by atoms with Crippen LogP contribution in [0, 0.1) is 10.1 Å². The highest BCUT2D eigenvalue weighted by molar-refractivity contribution is 9.10. The van der Waals surface area contributed by atoms with Gasteiger partial charge in [-0.3, -0.25) is 10.1 Å². The first-order valence-corrected chi connectivity index (χ1v) is 6.70. The highest BCUT2D eigenvalue weighted by atomic mass is 79.9. The molecule has 8 heteroatoms. The summed E-state index contributed by atoms with van der Waals surface area (Å²) in [5.74, 6) is -0.655. The minimum absolute atomic E-state index is 0.0153. The number of nitro groups is 1. The van der Waals surface area contributed by atoms with E-state index < -0.39 is 10.9 Å². The van der Waals surface area contributed by atoms with E-state index in [-0.39, 0.29) is 27.8 Å². The summed E-state index contributed by atoms with van der Waals surface area (Å²) in [5.41, 5.74) is -0.177. The predicted octanol–water partition coefficient (Wildman–Crippen LogP) is 4.50. The van der Waals surface area contributed by atoms with Gasteiger partial charge in [0.1, 0.15) is 11.5 Å². The number of carboxylic acids is 1. The van der Waals surface area contributed by atoms with Gasteiger partial charge in [-0.2, -0.15) is 0 Å². The van der Waals surface area contributed by atoms with Gasteiger partial charge in [0.15, 0.2) is 0 Å². The Hall–Kier alpha value is -2.12. The summed E-state index contributed by atoms with van der Waals surface area (Å²) in [6, 6.07) is 8.11. The average molecular weight is 373 g/mol. The molecule has 0 saturated carbocycles. The van der Waals surface area contributed by atoms with E-state index in [1.54, 1.807) is 0 Å². The third-order valence-corrected chi connectivity index (χ3v) is 3.49. The lowest BCUT2D eigenvalue weighted by molar-refractivity contribution is -0.384. The molecule has 2 rings (SSSR count). The Morgan fingerprint density at radius 3 is 2.57 bits per heavy atom. The Morgan fingerprint density at radius 1 is 1.29 bits per heavy atom. The standard InChI is InChI=1S/C13H7BrClNO5/c14-10-4-1-7(16(19)20)5-12(10)21-8-2-3-9(13(17)18)11(15)6-8/h1-6H,(H,17,18). The number of non-ortho nitro benzene ring substituents is 1. The van der Waals surface area contributed by atoms with Crippen LogP contribution in [0.1, 0.15) is 10.4 Å². The summed E-state index contributed by atoms with van der Waals surface area (Å²) in [5, 5.41) is 19.6. The summed E-state index contributed by atoms with van der Waals surface area (Å²) in [6.45, 7) is 0. The van der Waals surface area contributed by atoms with Crippen LogP contribution in [0.15, 0.2) is 40.9 Å². The number of halogens is 2. The smallest absolute Gasteiger partial charge is 0.337 e. The van der Waals surface area contributed by atoms with Crippen LogP contribution in [0.5, 0.6) is 11.5 Å². The molecule has 0 fully saturated rings. The zero-order valence-electron chi connectivity index (χ0n) is 10.2. The van der Waals surface area contributed by atoms with E-state index in [9.17, 15) is 14.9 Å². The molecule has 0 spiro atoms. The SMILES string of the molecule is O=C(O)c1ccc(Oc2cc([N+](=O)[O-])ccc2Br)cc1Cl. The molecule has 0 heterocycles. The van der Waals surface area contributed by atoms with Crippen molar-refractivity contribution in [3.63, 3.8) is 0 Å². The second-order valence-electron chi connectivity index (χ2n) is 3.92. The summed E-state index contributed by atoms with van der Waals surface area (Å²) in [4.78, 5) is 21.1. The Kier molecular flexibility index (Phi) is 4.44. The monoisotopic (exact) mass is 371 g/mol. The van der Waals surface area contributed by atoms with Crippen molar-refractivity contribution < 1.29 is 19.6 Å². The van der Waals surface area contributed by atoms with Gasteiger partial charge in [0.25, 0.3) is 5.69 Å². The molecular formula is C13H7BrClNO5. The maximum absolute atomic E-state index is 10.9. The molecular weight excluding hydrogens is 366 g/mol. The van der Waals surface area contributed by atoms with Gasteiger partial charge in [0.2, 0.25) is 0 Å². The Bertz CT molecular complexity index is 734. The number of hydrogen-bond donors (Lipinski definition) is 1. The zero-order valence-corrected chi connectivity index (χ0v) is 12.6. The largest absolute Gasteiger partial charge is 0.478 e. The highest BCUT2D eigenvalue weighted by Gasteiger charge is 2.13. The number of carbonyl (C=O) groups is 1. The first-order valence-electron chi connectivity index (χ1n) is 5.53. The van der Waals surface area contributed by atoms with E-state index in [0.29, 0.717) is 4.47 Å². The van der Waals surface area contributed by atoms with Crippen molar-refractivity contribution in [2.75, 3.05) is 0 Å². The van der Waals surface area contributed by atoms with Crippen LogP contribution in [0.25, 0.3) is 0 Å². The number of aromatic carboxylic acids is 1. The van der Waals surface area contributed by atoms with E-state index in [0.717, 1.165) is 0 Å². The lowest BCUT2D eigenvalue weighted by Gasteiger charge is -2.08. The molecule has 0 aliphatic carbocycles. The van der Waals surface area contributed by atoms with Crippen LogP contribution < -0.4 is 4.74 Å². The quantitative estimate of drug-likeness (QED) is 0.630. The van der Waals surface area contributed by atoms with Crippen molar-refractivity contribution in [3.8, 4) is 11.5 Å². The molecule has 0 atom stereocenters. The molecule has 21 heavy (non-hydrogen) atoms. The van der Waals surface area contributed by atoms with Gasteiger partial charge in [-0.1, -0.05) is 11.6 Å². The summed E-state index contributed by atoms with van der Waals surface area (Å²) in [6.07, 6.45) is 0. The maximum atomic E-state index is 10.9. The number of nitro benzene ring substituents is 1. The van der Waals surface area contributed by atoms with E-state index in [1.165, 1.54) is 36.4 Å². The van der Waals surface area contributed by atoms with Crippen molar-refractivity contribution in [2.24, 2.45) is 0 Å². The van der Waals surface area contributed by atoms with Gasteiger partial charge in [-0.15, -0.1) is 0 Å². The van der Waals surface area contributed by atoms with Gasteiger partial charge in [-0.25, -0.2) is 4.79 Å². The molecule has 2 aromatic carbocycles. The third-order valence-electron chi connectivity index (χ3n) is 2.52. The highest BCUT2D eigenvalue weighted by Crippen LogP contribution is 2.34. The topological polar surface area (TPSA) is 89.7 Å². The molecule has 0 radical (unpaired) electrons. The predicted molar refractivity (Wildman–Crippen MR) is 79.3 cm³/mol. The Balaban J connectivity index is 2.34. The summed E-state index contributed by atoms with van der Waals surface area (Å²) in [7, 11) is 0. The third kappa shape index (κ3) is 3.50. The molecule has 108 valence electrons. The number of benzene rings is 2. The van der Waals surface area contributed by atoms with Crippen LogP contribution in [0.2, 0.25) is 5.02 Å². The van der Waals surface area contributed by atoms with E-state index in [4.69, 9.17) is 21.4 Å². The second kappa shape index (κ2) is 6.11.